The molecule has 2 rings (SSSR count). The van der Waals surface area contributed by atoms with E-state index < -0.39 is 5.97 Å². The van der Waals surface area contributed by atoms with Gasteiger partial charge in [0.05, 0.1) is 5.92 Å². The highest BCUT2D eigenvalue weighted by Crippen LogP contribution is 2.25. The van der Waals surface area contributed by atoms with Crippen LogP contribution >= 0.6 is 0 Å². The highest BCUT2D eigenvalue weighted by molar-refractivity contribution is 5.70. The number of carbonyl (C=O) groups is 1. The zero-order valence-electron chi connectivity index (χ0n) is 14.5. The van der Waals surface area contributed by atoms with Gasteiger partial charge in [0.25, 0.3) is 0 Å². The van der Waals surface area contributed by atoms with Gasteiger partial charge >= 0.3 is 5.97 Å². The quantitative estimate of drug-likeness (QED) is 0.721. The summed E-state index contributed by atoms with van der Waals surface area (Å²) < 4.78 is 0. The first-order valence-corrected chi connectivity index (χ1v) is 8.66. The zero-order valence-corrected chi connectivity index (χ0v) is 14.5. The molecule has 4 nitrogen and oxygen atoms in total. The summed E-state index contributed by atoms with van der Waals surface area (Å²) in [5, 5.41) is 16.4. The van der Waals surface area contributed by atoms with Gasteiger partial charge in [-0.1, -0.05) is 30.3 Å². The molecule has 1 aromatic rings. The minimum Gasteiger partial charge on any atom is -0.481 e. The Morgan fingerprint density at radius 3 is 2.39 bits per heavy atom. The highest BCUT2D eigenvalue weighted by Gasteiger charge is 2.27. The second-order valence-electron chi connectivity index (χ2n) is 7.43. The molecule has 0 bridgehead atoms. The summed E-state index contributed by atoms with van der Waals surface area (Å²) >= 11 is 0. The van der Waals surface area contributed by atoms with Gasteiger partial charge in [0, 0.05) is 24.2 Å². The number of nitrogens with one attached hydrogen (secondary N) is 2. The number of hydrogen-bond acceptors (Lipinski definition) is 3. The van der Waals surface area contributed by atoms with Crippen molar-refractivity contribution in [3.05, 3.63) is 35.9 Å². The summed E-state index contributed by atoms with van der Waals surface area (Å²) in [5.41, 5.74) is 1.28. The van der Waals surface area contributed by atoms with Crippen molar-refractivity contribution in [2.75, 3.05) is 6.54 Å². The predicted octanol–water partition coefficient (Wildman–Crippen LogP) is 3.35. The van der Waals surface area contributed by atoms with Gasteiger partial charge in [-0.15, -0.1) is 0 Å². The molecule has 0 heterocycles. The van der Waals surface area contributed by atoms with Crippen molar-refractivity contribution in [3.63, 3.8) is 0 Å². The lowest BCUT2D eigenvalue weighted by Gasteiger charge is -2.34. The maximum atomic E-state index is 11.0. The highest BCUT2D eigenvalue weighted by atomic mass is 16.4. The molecule has 1 unspecified atom stereocenters. The van der Waals surface area contributed by atoms with Crippen LogP contribution in [0, 0.1) is 5.92 Å². The van der Waals surface area contributed by atoms with Gasteiger partial charge in [-0.3, -0.25) is 4.79 Å². The second kappa shape index (κ2) is 7.93. The Hall–Kier alpha value is -1.39. The van der Waals surface area contributed by atoms with Crippen molar-refractivity contribution in [3.8, 4) is 0 Å². The summed E-state index contributed by atoms with van der Waals surface area (Å²) in [7, 11) is 0. The molecule has 0 aliphatic heterocycles. The number of benzene rings is 1. The van der Waals surface area contributed by atoms with Crippen molar-refractivity contribution in [2.45, 2.75) is 64.1 Å². The van der Waals surface area contributed by atoms with Crippen LogP contribution in [0.15, 0.2) is 30.3 Å². The fourth-order valence-corrected chi connectivity index (χ4v) is 3.41. The molecule has 4 heteroatoms. The van der Waals surface area contributed by atoms with Crippen LogP contribution in [0.25, 0.3) is 0 Å². The lowest BCUT2D eigenvalue weighted by Crippen LogP contribution is -2.51. The van der Waals surface area contributed by atoms with Crippen LogP contribution in [0.4, 0.5) is 0 Å². The normalized spacial score (nSPS) is 23.4. The number of carboxylic acid groups (broad SMARTS) is 1. The van der Waals surface area contributed by atoms with Gasteiger partial charge in [0.1, 0.15) is 0 Å². The summed E-state index contributed by atoms with van der Waals surface area (Å²) in [4.78, 5) is 11.0. The van der Waals surface area contributed by atoms with E-state index in [0.717, 1.165) is 32.2 Å². The Balaban J connectivity index is 1.77. The third-order valence-electron chi connectivity index (χ3n) is 4.82. The van der Waals surface area contributed by atoms with Crippen LogP contribution in [-0.2, 0) is 4.79 Å². The van der Waals surface area contributed by atoms with Gasteiger partial charge in [-0.25, -0.2) is 0 Å². The Labute approximate surface area is 139 Å². The smallest absolute Gasteiger partial charge is 0.306 e. The van der Waals surface area contributed by atoms with Crippen LogP contribution in [0.2, 0.25) is 0 Å². The van der Waals surface area contributed by atoms with Crippen molar-refractivity contribution in [1.82, 2.24) is 10.6 Å². The molecule has 1 atom stereocenters. The van der Waals surface area contributed by atoms with E-state index in [1.54, 1.807) is 0 Å². The average molecular weight is 318 g/mol. The van der Waals surface area contributed by atoms with Crippen LogP contribution in [-0.4, -0.2) is 29.2 Å². The average Bonchev–Trinajstić information content (AvgIpc) is 2.54. The first-order valence-electron chi connectivity index (χ1n) is 8.66. The van der Waals surface area contributed by atoms with E-state index in [-0.39, 0.29) is 11.5 Å². The molecule has 1 aliphatic rings. The molecular formula is C19H30N2O2. The first kappa shape index (κ1) is 18.0. The Morgan fingerprint density at radius 1 is 1.22 bits per heavy atom. The minimum absolute atomic E-state index is 0.0150. The molecule has 128 valence electrons. The third-order valence-corrected chi connectivity index (χ3v) is 4.82. The van der Waals surface area contributed by atoms with Crippen molar-refractivity contribution in [1.29, 1.82) is 0 Å². The maximum absolute atomic E-state index is 11.0. The second-order valence-corrected chi connectivity index (χ2v) is 7.43. The lowest BCUT2D eigenvalue weighted by molar-refractivity contribution is -0.142. The van der Waals surface area contributed by atoms with Gasteiger partial charge < -0.3 is 15.7 Å². The third kappa shape index (κ3) is 5.63. The fraction of sp³-hybridized carbons (Fsp3) is 0.632. The van der Waals surface area contributed by atoms with Crippen molar-refractivity contribution in [2.24, 2.45) is 5.92 Å². The maximum Gasteiger partial charge on any atom is 0.306 e. The zero-order chi connectivity index (χ0) is 16.9. The molecular weight excluding hydrogens is 288 g/mol. The van der Waals surface area contributed by atoms with E-state index >= 15 is 0 Å². The topological polar surface area (TPSA) is 61.4 Å². The van der Waals surface area contributed by atoms with E-state index in [0.29, 0.717) is 12.1 Å². The first-order chi connectivity index (χ1) is 10.9. The largest absolute Gasteiger partial charge is 0.481 e. The summed E-state index contributed by atoms with van der Waals surface area (Å²) in [5.74, 6) is -0.778. The minimum atomic E-state index is -0.637. The fourth-order valence-electron chi connectivity index (χ4n) is 3.41. The van der Waals surface area contributed by atoms with E-state index in [1.807, 2.05) is 6.07 Å². The summed E-state index contributed by atoms with van der Waals surface area (Å²) in [6.07, 6.45) is 3.51. The molecule has 1 fully saturated rings. The molecule has 0 aromatic heterocycles. The van der Waals surface area contributed by atoms with Crippen LogP contribution < -0.4 is 10.6 Å². The molecule has 0 radical (unpaired) electrons. The Morgan fingerprint density at radius 2 is 1.83 bits per heavy atom. The van der Waals surface area contributed by atoms with E-state index in [9.17, 15) is 4.79 Å². The van der Waals surface area contributed by atoms with Gasteiger partial charge in [-0.2, -0.15) is 0 Å². The lowest BCUT2D eigenvalue weighted by atomic mass is 9.86. The van der Waals surface area contributed by atoms with E-state index in [4.69, 9.17) is 5.11 Å². The molecule has 1 aromatic carbocycles. The number of rotatable bonds is 7. The van der Waals surface area contributed by atoms with E-state index in [1.165, 1.54) is 5.56 Å². The van der Waals surface area contributed by atoms with Gasteiger partial charge in [0.2, 0.25) is 0 Å². The van der Waals surface area contributed by atoms with Crippen LogP contribution in [0.5, 0.6) is 0 Å². The molecule has 0 amide bonds. The predicted molar refractivity (Wildman–Crippen MR) is 93.5 cm³/mol. The van der Waals surface area contributed by atoms with Gasteiger partial charge in [-0.05, 0) is 52.0 Å². The Kier molecular flexibility index (Phi) is 6.19. The number of hydrogen-bond donors (Lipinski definition) is 3. The van der Waals surface area contributed by atoms with Gasteiger partial charge in [0.15, 0.2) is 0 Å². The van der Waals surface area contributed by atoms with Crippen LogP contribution in [0.1, 0.15) is 58.1 Å². The molecule has 1 saturated carbocycles. The molecule has 1 aliphatic carbocycles. The van der Waals surface area contributed by atoms with E-state index in [2.05, 4.69) is 55.7 Å². The van der Waals surface area contributed by atoms with Crippen LogP contribution in [0.3, 0.4) is 0 Å². The number of carboxylic acids is 1. The number of aliphatic carboxylic acids is 1. The molecule has 0 spiro atoms. The monoisotopic (exact) mass is 318 g/mol. The summed E-state index contributed by atoms with van der Waals surface area (Å²) in [6.45, 7) is 7.49. The standard InChI is InChI=1S/C19H30N2O2/c1-14(15-7-5-4-6-8-15)21-19(2,3)13-20-17-11-9-16(10-12-17)18(22)23/h4-8,14,16-17,20-21H,9-13H2,1-3H3,(H,22,23). The summed E-state index contributed by atoms with van der Waals surface area (Å²) in [6, 6.07) is 11.2. The van der Waals surface area contributed by atoms with Crippen molar-refractivity contribution < 1.29 is 9.90 Å². The molecule has 0 saturated heterocycles. The molecule has 23 heavy (non-hydrogen) atoms. The SMILES string of the molecule is CC(NC(C)(C)CNC1CCC(C(=O)O)CC1)c1ccccc1. The Bertz CT molecular complexity index is 493. The molecule has 3 N–H and O–H groups in total. The van der Waals surface area contributed by atoms with Crippen molar-refractivity contribution >= 4 is 5.97 Å².